The zero-order valence-corrected chi connectivity index (χ0v) is 12.3. The van der Waals surface area contributed by atoms with E-state index in [4.69, 9.17) is 10.8 Å². The predicted molar refractivity (Wildman–Crippen MR) is 72.0 cm³/mol. The van der Waals surface area contributed by atoms with E-state index in [-0.39, 0.29) is 10.6 Å². The Morgan fingerprint density at radius 1 is 1.48 bits per heavy atom. The van der Waals surface area contributed by atoms with E-state index in [1.165, 1.54) is 24.7 Å². The number of aliphatic carboxylic acids is 1. The van der Waals surface area contributed by atoms with Crippen molar-refractivity contribution in [2.45, 2.75) is 23.8 Å². The highest BCUT2D eigenvalue weighted by molar-refractivity contribution is 7.89. The highest BCUT2D eigenvalue weighted by Crippen LogP contribution is 2.15. The number of carbonyl (C=O) groups excluding carboxylic acids is 1. The monoisotopic (exact) mass is 319 g/mol. The van der Waals surface area contributed by atoms with Crippen molar-refractivity contribution in [3.63, 3.8) is 0 Å². The Balaban J connectivity index is 2.90. The van der Waals surface area contributed by atoms with Gasteiger partial charge in [0.1, 0.15) is 10.6 Å². The van der Waals surface area contributed by atoms with E-state index in [1.807, 2.05) is 0 Å². The first kappa shape index (κ1) is 17.1. The molecule has 1 atom stereocenters. The molecule has 0 saturated carbocycles. The predicted octanol–water partition coefficient (Wildman–Crippen LogP) is -1.37. The van der Waals surface area contributed by atoms with Crippen LogP contribution in [0.25, 0.3) is 0 Å². The number of aliphatic hydroxyl groups is 1. The Bertz CT molecular complexity index is 661. The first-order valence-corrected chi connectivity index (χ1v) is 7.33. The molecule has 118 valence electrons. The molecular formula is C11H17N3O6S. The Kier molecular flexibility index (Phi) is 4.76. The van der Waals surface area contributed by atoms with Crippen molar-refractivity contribution in [1.29, 1.82) is 0 Å². The van der Waals surface area contributed by atoms with Crippen LogP contribution in [-0.4, -0.2) is 47.2 Å². The van der Waals surface area contributed by atoms with E-state index in [0.717, 1.165) is 6.07 Å². The largest absolute Gasteiger partial charge is 0.481 e. The Hall–Kier alpha value is -1.91. The summed E-state index contributed by atoms with van der Waals surface area (Å²) < 4.78 is 27.4. The summed E-state index contributed by atoms with van der Waals surface area (Å²) in [7, 11) is -2.54. The maximum Gasteiger partial charge on any atom is 0.306 e. The minimum Gasteiger partial charge on any atom is -0.481 e. The van der Waals surface area contributed by atoms with Gasteiger partial charge >= 0.3 is 5.97 Å². The van der Waals surface area contributed by atoms with Crippen LogP contribution >= 0.6 is 0 Å². The van der Waals surface area contributed by atoms with Crippen LogP contribution in [0.15, 0.2) is 17.2 Å². The molecule has 1 amide bonds. The minimum atomic E-state index is -4.00. The number of rotatable bonds is 7. The first-order valence-electron chi connectivity index (χ1n) is 5.84. The van der Waals surface area contributed by atoms with Crippen LogP contribution in [0, 0.1) is 0 Å². The molecular weight excluding hydrogens is 302 g/mol. The van der Waals surface area contributed by atoms with Crippen LogP contribution in [0.2, 0.25) is 0 Å². The number of aromatic nitrogens is 1. The molecule has 0 radical (unpaired) electrons. The summed E-state index contributed by atoms with van der Waals surface area (Å²) in [6.07, 6.45) is 0.575. The number of carboxylic acid groups (broad SMARTS) is 1. The summed E-state index contributed by atoms with van der Waals surface area (Å²) in [5, 5.41) is 18.4. The zero-order valence-electron chi connectivity index (χ0n) is 11.5. The van der Waals surface area contributed by atoms with Crippen molar-refractivity contribution in [3.8, 4) is 0 Å². The van der Waals surface area contributed by atoms with Gasteiger partial charge in [0.15, 0.2) is 0 Å². The molecule has 9 nitrogen and oxygen atoms in total. The molecule has 1 unspecified atom stereocenters. The summed E-state index contributed by atoms with van der Waals surface area (Å²) >= 11 is 0. The molecule has 1 rings (SSSR count). The lowest BCUT2D eigenvalue weighted by Gasteiger charge is -2.21. The third-order valence-electron chi connectivity index (χ3n) is 2.72. The van der Waals surface area contributed by atoms with E-state index < -0.39 is 40.5 Å². The lowest BCUT2D eigenvalue weighted by molar-refractivity contribution is -0.141. The second-order valence-corrected chi connectivity index (χ2v) is 6.70. The van der Waals surface area contributed by atoms with Gasteiger partial charge in [-0.25, -0.2) is 13.1 Å². The summed E-state index contributed by atoms with van der Waals surface area (Å²) in [5.74, 6) is -2.04. The molecule has 0 aliphatic carbocycles. The van der Waals surface area contributed by atoms with Crippen molar-refractivity contribution in [2.24, 2.45) is 12.8 Å². The maximum atomic E-state index is 12.0. The number of nitrogens with two attached hydrogens (primary N) is 1. The topological polar surface area (TPSA) is 152 Å². The number of nitrogens with one attached hydrogen (secondary N) is 1. The molecule has 0 saturated heterocycles. The normalized spacial score (nSPS) is 14.6. The molecule has 0 spiro atoms. The smallest absolute Gasteiger partial charge is 0.306 e. The average Bonchev–Trinajstić information content (AvgIpc) is 2.68. The van der Waals surface area contributed by atoms with Crippen molar-refractivity contribution >= 4 is 21.9 Å². The van der Waals surface area contributed by atoms with Gasteiger partial charge in [0.05, 0.1) is 12.0 Å². The van der Waals surface area contributed by atoms with E-state index in [0.29, 0.717) is 0 Å². The van der Waals surface area contributed by atoms with Crippen LogP contribution in [0.5, 0.6) is 0 Å². The molecule has 0 aliphatic heterocycles. The fourth-order valence-electron chi connectivity index (χ4n) is 1.65. The molecule has 0 aliphatic rings. The van der Waals surface area contributed by atoms with Gasteiger partial charge < -0.3 is 20.5 Å². The van der Waals surface area contributed by atoms with Crippen LogP contribution in [0.4, 0.5) is 0 Å². The molecule has 21 heavy (non-hydrogen) atoms. The molecule has 10 heteroatoms. The molecule has 1 aromatic rings. The average molecular weight is 319 g/mol. The number of carboxylic acids is 1. The number of hydrogen-bond donors (Lipinski definition) is 4. The van der Waals surface area contributed by atoms with Crippen molar-refractivity contribution in [3.05, 3.63) is 18.0 Å². The fraction of sp³-hybridized carbons (Fsp3) is 0.455. The van der Waals surface area contributed by atoms with Gasteiger partial charge in [0.2, 0.25) is 10.0 Å². The number of sulfonamides is 1. The Morgan fingerprint density at radius 2 is 2.05 bits per heavy atom. The fourth-order valence-corrected chi connectivity index (χ4v) is 2.88. The third-order valence-corrected chi connectivity index (χ3v) is 4.09. The molecule has 0 fully saturated rings. The zero-order chi connectivity index (χ0) is 16.4. The van der Waals surface area contributed by atoms with Gasteiger partial charge in [-0.3, -0.25) is 9.59 Å². The number of primary amides is 1. The summed E-state index contributed by atoms with van der Waals surface area (Å²) in [6.45, 7) is 0.714. The van der Waals surface area contributed by atoms with Crippen LogP contribution in [0.3, 0.4) is 0 Å². The highest BCUT2D eigenvalue weighted by Gasteiger charge is 2.28. The van der Waals surface area contributed by atoms with E-state index >= 15 is 0 Å². The van der Waals surface area contributed by atoms with Crippen LogP contribution < -0.4 is 10.5 Å². The van der Waals surface area contributed by atoms with Gasteiger partial charge in [0.25, 0.3) is 5.91 Å². The standard InChI is InChI=1S/C11H17N3O6S/c1-11(18,4-9(15)16)6-13-21(19,20)7-3-8(10(12)17)14(2)5-7/h3,5,13,18H,4,6H2,1-2H3,(H2,12,17)(H,15,16). The van der Waals surface area contributed by atoms with Gasteiger partial charge in [-0.1, -0.05) is 0 Å². The van der Waals surface area contributed by atoms with Crippen molar-refractivity contribution in [2.75, 3.05) is 6.54 Å². The molecule has 5 N–H and O–H groups in total. The quantitative estimate of drug-likeness (QED) is 0.486. The lowest BCUT2D eigenvalue weighted by atomic mass is 10.0. The highest BCUT2D eigenvalue weighted by atomic mass is 32.2. The van der Waals surface area contributed by atoms with Crippen LogP contribution in [0.1, 0.15) is 23.8 Å². The van der Waals surface area contributed by atoms with Gasteiger partial charge in [-0.2, -0.15) is 0 Å². The molecule has 1 aromatic heterocycles. The SMILES string of the molecule is Cn1cc(S(=O)(=O)NCC(C)(O)CC(=O)O)cc1C(N)=O. The minimum absolute atomic E-state index is 0.00710. The number of hydrogen-bond acceptors (Lipinski definition) is 5. The maximum absolute atomic E-state index is 12.0. The molecule has 0 bridgehead atoms. The summed E-state index contributed by atoms with van der Waals surface area (Å²) in [5.41, 5.74) is 3.36. The number of nitrogens with zero attached hydrogens (tertiary/aromatic N) is 1. The molecule has 1 heterocycles. The second kappa shape index (κ2) is 5.84. The second-order valence-electron chi connectivity index (χ2n) is 4.93. The van der Waals surface area contributed by atoms with Crippen LogP contribution in [-0.2, 0) is 21.9 Å². The van der Waals surface area contributed by atoms with E-state index in [1.54, 1.807) is 0 Å². The number of amides is 1. The Morgan fingerprint density at radius 3 is 2.48 bits per heavy atom. The summed E-state index contributed by atoms with van der Waals surface area (Å²) in [6, 6.07) is 1.09. The lowest BCUT2D eigenvalue weighted by Crippen LogP contribution is -2.42. The first-order chi connectivity index (χ1) is 9.44. The summed E-state index contributed by atoms with van der Waals surface area (Å²) in [4.78, 5) is 21.4. The van der Waals surface area contributed by atoms with E-state index in [2.05, 4.69) is 4.72 Å². The van der Waals surface area contributed by atoms with Gasteiger partial charge in [0, 0.05) is 19.8 Å². The van der Waals surface area contributed by atoms with Gasteiger partial charge in [-0.05, 0) is 13.0 Å². The van der Waals surface area contributed by atoms with Crippen molar-refractivity contribution in [1.82, 2.24) is 9.29 Å². The molecule has 0 aromatic carbocycles. The number of aryl methyl sites for hydroxylation is 1. The number of carbonyl (C=O) groups is 2. The van der Waals surface area contributed by atoms with Crippen molar-refractivity contribution < 1.29 is 28.2 Å². The Labute approximate surface area is 121 Å². The van der Waals surface area contributed by atoms with Gasteiger partial charge in [-0.15, -0.1) is 0 Å². The third kappa shape index (κ3) is 4.55. The van der Waals surface area contributed by atoms with E-state index in [9.17, 15) is 23.1 Å².